The van der Waals surface area contributed by atoms with Crippen molar-refractivity contribution in [3.63, 3.8) is 0 Å². The molecule has 6 heteroatoms. The van der Waals surface area contributed by atoms with Gasteiger partial charge in [-0.15, -0.1) is 0 Å². The Bertz CT molecular complexity index is 263. The highest BCUT2D eigenvalue weighted by molar-refractivity contribution is 6.60. The van der Waals surface area contributed by atoms with E-state index in [0.29, 0.717) is 19.8 Å². The second-order valence-electron chi connectivity index (χ2n) is 4.07. The third kappa shape index (κ3) is 4.22. The fourth-order valence-corrected chi connectivity index (χ4v) is 4.00. The molecule has 0 aromatic rings. The van der Waals surface area contributed by atoms with Crippen molar-refractivity contribution in [2.75, 3.05) is 34.0 Å². The van der Waals surface area contributed by atoms with Gasteiger partial charge in [0.05, 0.1) is 12.7 Å². The topological polar surface area (TPSA) is 40.2 Å². The Hall–Kier alpha value is -0.663. The summed E-state index contributed by atoms with van der Waals surface area (Å²) in [4.78, 5) is 1.86. The van der Waals surface area contributed by atoms with Crippen LogP contribution >= 0.6 is 0 Å². The summed E-state index contributed by atoms with van der Waals surface area (Å²) in [5.74, 6) is 0. The highest BCUT2D eigenvalue weighted by Gasteiger charge is 2.42. The first-order valence-electron chi connectivity index (χ1n) is 6.06. The lowest BCUT2D eigenvalue weighted by molar-refractivity contribution is -0.0198. The van der Waals surface area contributed by atoms with Crippen molar-refractivity contribution < 1.29 is 18.0 Å². The van der Waals surface area contributed by atoms with Crippen LogP contribution in [-0.2, 0) is 18.0 Å². The van der Waals surface area contributed by atoms with Crippen molar-refractivity contribution in [3.8, 4) is 0 Å². The molecule has 1 aliphatic heterocycles. The fourth-order valence-electron chi connectivity index (χ4n) is 1.88. The molecule has 1 unspecified atom stereocenters. The Labute approximate surface area is 110 Å². The van der Waals surface area contributed by atoms with E-state index in [0.717, 1.165) is 12.5 Å². The van der Waals surface area contributed by atoms with E-state index in [1.165, 1.54) is 0 Å². The molecule has 0 aromatic heterocycles. The SMILES string of the molecule is C=CN(C=C)CC1COCCC[Si](OC)(OC)O1. The third-order valence-electron chi connectivity index (χ3n) is 2.93. The average Bonchev–Trinajstić information content (AvgIpc) is 2.38. The Morgan fingerprint density at radius 2 is 2.00 bits per heavy atom. The molecule has 1 heterocycles. The first-order valence-corrected chi connectivity index (χ1v) is 7.99. The van der Waals surface area contributed by atoms with Gasteiger partial charge in [-0.3, -0.25) is 0 Å². The van der Waals surface area contributed by atoms with Gasteiger partial charge in [0.1, 0.15) is 0 Å². The zero-order valence-corrected chi connectivity index (χ0v) is 12.3. The molecule has 0 radical (unpaired) electrons. The van der Waals surface area contributed by atoms with Gasteiger partial charge in [-0.1, -0.05) is 13.2 Å². The molecule has 18 heavy (non-hydrogen) atoms. The van der Waals surface area contributed by atoms with Gasteiger partial charge in [0, 0.05) is 33.4 Å². The summed E-state index contributed by atoms with van der Waals surface area (Å²) < 4.78 is 22.6. The quantitative estimate of drug-likeness (QED) is 0.688. The molecule has 104 valence electrons. The molecule has 1 saturated heterocycles. The summed E-state index contributed by atoms with van der Waals surface area (Å²) in [5.41, 5.74) is 0. The molecule has 0 saturated carbocycles. The van der Waals surface area contributed by atoms with Gasteiger partial charge in [-0.2, -0.15) is 0 Å². The van der Waals surface area contributed by atoms with E-state index in [1.54, 1.807) is 26.6 Å². The second kappa shape index (κ2) is 7.70. The Morgan fingerprint density at radius 1 is 1.33 bits per heavy atom. The van der Waals surface area contributed by atoms with E-state index in [1.807, 2.05) is 4.90 Å². The smallest absolute Gasteiger partial charge is 0.379 e. The molecule has 0 N–H and O–H groups in total. The second-order valence-corrected chi connectivity index (χ2v) is 6.99. The van der Waals surface area contributed by atoms with Crippen LogP contribution in [0.5, 0.6) is 0 Å². The first-order chi connectivity index (χ1) is 8.69. The molecule has 0 bridgehead atoms. The van der Waals surface area contributed by atoms with Crippen LogP contribution in [0.15, 0.2) is 25.6 Å². The van der Waals surface area contributed by atoms with Crippen LogP contribution in [0.1, 0.15) is 6.42 Å². The number of hydrogen-bond acceptors (Lipinski definition) is 5. The fraction of sp³-hybridized carbons (Fsp3) is 0.667. The van der Waals surface area contributed by atoms with Crippen molar-refractivity contribution in [2.24, 2.45) is 0 Å². The average molecular weight is 273 g/mol. The van der Waals surface area contributed by atoms with Crippen LogP contribution in [0, 0.1) is 0 Å². The summed E-state index contributed by atoms with van der Waals surface area (Å²) in [7, 11) is 0.750. The molecular formula is C12H23NO4Si. The molecule has 0 spiro atoms. The normalized spacial score (nSPS) is 23.8. The standard InChI is InChI=1S/C12H23NO4Si/c1-5-13(6-2)10-12-11-16-8-7-9-18(14-3,15-4)17-12/h5-6,12H,1-2,7-11H2,3-4H3. The Balaban J connectivity index is 2.68. The minimum atomic E-state index is -2.54. The number of nitrogens with zero attached hydrogens (tertiary/aromatic N) is 1. The van der Waals surface area contributed by atoms with E-state index < -0.39 is 8.80 Å². The lowest BCUT2D eigenvalue weighted by atomic mass is 10.3. The number of ether oxygens (including phenoxy) is 1. The van der Waals surface area contributed by atoms with Gasteiger partial charge in [0.15, 0.2) is 0 Å². The van der Waals surface area contributed by atoms with Crippen LogP contribution in [0.4, 0.5) is 0 Å². The minimum absolute atomic E-state index is 0.104. The van der Waals surface area contributed by atoms with E-state index in [4.69, 9.17) is 18.0 Å². The monoisotopic (exact) mass is 273 g/mol. The minimum Gasteiger partial charge on any atom is -0.379 e. The van der Waals surface area contributed by atoms with Crippen LogP contribution < -0.4 is 0 Å². The van der Waals surface area contributed by atoms with Gasteiger partial charge < -0.3 is 22.9 Å². The largest absolute Gasteiger partial charge is 0.500 e. The van der Waals surface area contributed by atoms with E-state index in [-0.39, 0.29) is 6.10 Å². The van der Waals surface area contributed by atoms with E-state index in [2.05, 4.69) is 13.2 Å². The van der Waals surface area contributed by atoms with Crippen molar-refractivity contribution in [1.29, 1.82) is 0 Å². The van der Waals surface area contributed by atoms with E-state index in [9.17, 15) is 0 Å². The molecule has 0 aliphatic carbocycles. The first kappa shape index (κ1) is 15.4. The Morgan fingerprint density at radius 3 is 2.56 bits per heavy atom. The van der Waals surface area contributed by atoms with E-state index >= 15 is 0 Å². The summed E-state index contributed by atoms with van der Waals surface area (Å²) in [5, 5.41) is 0. The lowest BCUT2D eigenvalue weighted by Crippen LogP contribution is -2.51. The molecule has 1 atom stereocenters. The summed E-state index contributed by atoms with van der Waals surface area (Å²) in [6.07, 6.45) is 4.20. The summed E-state index contributed by atoms with van der Waals surface area (Å²) in [6, 6.07) is 0.776. The van der Waals surface area contributed by atoms with Crippen LogP contribution in [0.2, 0.25) is 6.04 Å². The molecule has 1 aliphatic rings. The highest BCUT2D eigenvalue weighted by atomic mass is 28.4. The number of rotatable bonds is 6. The molecule has 1 rings (SSSR count). The van der Waals surface area contributed by atoms with Gasteiger partial charge in [-0.25, -0.2) is 0 Å². The third-order valence-corrected chi connectivity index (χ3v) is 5.83. The van der Waals surface area contributed by atoms with Crippen molar-refractivity contribution in [2.45, 2.75) is 18.6 Å². The lowest BCUT2D eigenvalue weighted by Gasteiger charge is -2.34. The maximum Gasteiger partial charge on any atom is 0.500 e. The van der Waals surface area contributed by atoms with Crippen molar-refractivity contribution in [3.05, 3.63) is 25.6 Å². The zero-order chi connectivity index (χ0) is 13.4. The summed E-state index contributed by atoms with van der Waals surface area (Å²) in [6.45, 7) is 9.32. The van der Waals surface area contributed by atoms with Crippen LogP contribution in [-0.4, -0.2) is 53.8 Å². The van der Waals surface area contributed by atoms with Gasteiger partial charge in [-0.05, 0) is 18.8 Å². The van der Waals surface area contributed by atoms with Crippen molar-refractivity contribution >= 4 is 8.80 Å². The zero-order valence-electron chi connectivity index (χ0n) is 11.3. The van der Waals surface area contributed by atoms with Crippen LogP contribution in [0.3, 0.4) is 0 Å². The molecule has 5 nitrogen and oxygen atoms in total. The predicted molar refractivity (Wildman–Crippen MR) is 72.0 cm³/mol. The van der Waals surface area contributed by atoms with Gasteiger partial charge >= 0.3 is 8.80 Å². The van der Waals surface area contributed by atoms with Crippen molar-refractivity contribution in [1.82, 2.24) is 4.90 Å². The maximum absolute atomic E-state index is 6.04. The summed E-state index contributed by atoms with van der Waals surface area (Å²) >= 11 is 0. The van der Waals surface area contributed by atoms with Gasteiger partial charge in [0.2, 0.25) is 0 Å². The molecule has 0 amide bonds. The van der Waals surface area contributed by atoms with Crippen LogP contribution in [0.25, 0.3) is 0 Å². The molecule has 1 fully saturated rings. The molecular weight excluding hydrogens is 250 g/mol. The predicted octanol–water partition coefficient (Wildman–Crippen LogP) is 1.61. The van der Waals surface area contributed by atoms with Gasteiger partial charge in [0.25, 0.3) is 0 Å². The maximum atomic E-state index is 6.04. The number of hydrogen-bond donors (Lipinski definition) is 0. The molecule has 0 aromatic carbocycles. The Kier molecular flexibility index (Phi) is 6.59. The highest BCUT2D eigenvalue weighted by Crippen LogP contribution is 2.21.